The molecule has 0 aliphatic carbocycles. The Morgan fingerprint density at radius 1 is 1.12 bits per heavy atom. The lowest BCUT2D eigenvalue weighted by atomic mass is 10.1. The molecule has 0 saturated carbocycles. The predicted molar refractivity (Wildman–Crippen MR) is 74.1 cm³/mol. The maximum Gasteiger partial charge on any atom is 0.0661 e. The van der Waals surface area contributed by atoms with Crippen molar-refractivity contribution in [3.63, 3.8) is 0 Å². The summed E-state index contributed by atoms with van der Waals surface area (Å²) in [7, 11) is 0. The normalized spacial score (nSPS) is 11.9. The van der Waals surface area contributed by atoms with Crippen LogP contribution in [0.3, 0.4) is 0 Å². The van der Waals surface area contributed by atoms with Gasteiger partial charge in [-0.05, 0) is 23.1 Å². The Morgan fingerprint density at radius 3 is 2.50 bits per heavy atom. The quantitative estimate of drug-likeness (QED) is 0.865. The summed E-state index contributed by atoms with van der Waals surface area (Å²) in [4.78, 5) is 1.08. The largest absolute Gasteiger partial charge is 0.320 e. The van der Waals surface area contributed by atoms with E-state index in [-0.39, 0.29) is 18.4 Å². The molecule has 0 radical (unpaired) electrons. The summed E-state index contributed by atoms with van der Waals surface area (Å²) in [6.45, 7) is 0. The molecule has 1 atom stereocenters. The summed E-state index contributed by atoms with van der Waals surface area (Å²) in [6.07, 6.45) is 0. The van der Waals surface area contributed by atoms with E-state index in [4.69, 9.17) is 28.9 Å². The zero-order valence-corrected chi connectivity index (χ0v) is 11.3. The molecule has 16 heavy (non-hydrogen) atoms. The van der Waals surface area contributed by atoms with Gasteiger partial charge in [0.05, 0.1) is 16.1 Å². The molecule has 1 heterocycles. The second kappa shape index (κ2) is 5.89. The SMILES string of the molecule is Cl.N[C@@H](c1cccs1)c1cccc(Cl)c1Cl. The Bertz CT molecular complexity index is 456. The standard InChI is InChI=1S/C11H9Cl2NS.ClH/c12-8-4-1-3-7(10(8)13)11(14)9-5-2-6-15-9;/h1-6,11H,14H2;1H/t11-;/m1./s1. The predicted octanol–water partition coefficient (Wildman–Crippen LogP) is 4.52. The Balaban J connectivity index is 0.00000128. The molecule has 5 heteroatoms. The van der Waals surface area contributed by atoms with Gasteiger partial charge in [0.25, 0.3) is 0 Å². The van der Waals surface area contributed by atoms with E-state index in [0.717, 1.165) is 10.4 Å². The van der Waals surface area contributed by atoms with Crippen LogP contribution in [0.1, 0.15) is 16.5 Å². The number of benzene rings is 1. The zero-order chi connectivity index (χ0) is 10.8. The zero-order valence-electron chi connectivity index (χ0n) is 8.19. The summed E-state index contributed by atoms with van der Waals surface area (Å²) in [6, 6.07) is 9.28. The number of hydrogen-bond donors (Lipinski definition) is 1. The van der Waals surface area contributed by atoms with Crippen molar-refractivity contribution >= 4 is 46.9 Å². The highest BCUT2D eigenvalue weighted by Crippen LogP contribution is 2.33. The van der Waals surface area contributed by atoms with Crippen LogP contribution >= 0.6 is 46.9 Å². The van der Waals surface area contributed by atoms with Gasteiger partial charge in [-0.25, -0.2) is 0 Å². The van der Waals surface area contributed by atoms with Crippen molar-refractivity contribution in [2.24, 2.45) is 5.73 Å². The maximum absolute atomic E-state index is 6.10. The lowest BCUT2D eigenvalue weighted by Gasteiger charge is -2.12. The Morgan fingerprint density at radius 2 is 1.88 bits per heavy atom. The molecule has 2 aromatic rings. The van der Waals surface area contributed by atoms with Crippen molar-refractivity contribution in [1.82, 2.24) is 0 Å². The molecule has 1 aromatic heterocycles. The second-order valence-electron chi connectivity index (χ2n) is 3.14. The lowest BCUT2D eigenvalue weighted by Crippen LogP contribution is -2.10. The van der Waals surface area contributed by atoms with Crippen molar-refractivity contribution in [2.75, 3.05) is 0 Å². The van der Waals surface area contributed by atoms with E-state index in [1.165, 1.54) is 0 Å². The monoisotopic (exact) mass is 293 g/mol. The van der Waals surface area contributed by atoms with Gasteiger partial charge in [0.15, 0.2) is 0 Å². The fourth-order valence-corrected chi connectivity index (χ4v) is 2.55. The molecular formula is C11H10Cl3NS. The molecule has 0 aliphatic heterocycles. The summed E-state index contributed by atoms with van der Waals surface area (Å²) in [5.74, 6) is 0. The van der Waals surface area contributed by atoms with Crippen molar-refractivity contribution < 1.29 is 0 Å². The number of nitrogens with two attached hydrogens (primary N) is 1. The highest BCUT2D eigenvalue weighted by Gasteiger charge is 2.14. The minimum Gasteiger partial charge on any atom is -0.320 e. The summed E-state index contributed by atoms with van der Waals surface area (Å²) < 4.78 is 0. The summed E-state index contributed by atoms with van der Waals surface area (Å²) in [5.41, 5.74) is 6.97. The van der Waals surface area contributed by atoms with Crippen LogP contribution in [0.15, 0.2) is 35.7 Å². The molecule has 0 aliphatic rings. The molecule has 0 saturated heterocycles. The van der Waals surface area contributed by atoms with Crippen molar-refractivity contribution in [3.8, 4) is 0 Å². The molecule has 0 amide bonds. The van der Waals surface area contributed by atoms with Gasteiger partial charge in [0.2, 0.25) is 0 Å². The summed E-state index contributed by atoms with van der Waals surface area (Å²) >= 11 is 13.6. The van der Waals surface area contributed by atoms with Gasteiger partial charge >= 0.3 is 0 Å². The molecule has 0 unspecified atom stereocenters. The van der Waals surface area contributed by atoms with Crippen molar-refractivity contribution in [1.29, 1.82) is 0 Å². The van der Waals surface area contributed by atoms with E-state index < -0.39 is 0 Å². The molecule has 0 fully saturated rings. The van der Waals surface area contributed by atoms with Crippen LogP contribution in [0.2, 0.25) is 10.0 Å². The third-order valence-electron chi connectivity index (χ3n) is 2.17. The van der Waals surface area contributed by atoms with Crippen molar-refractivity contribution in [3.05, 3.63) is 56.2 Å². The van der Waals surface area contributed by atoms with Gasteiger partial charge in [-0.15, -0.1) is 23.7 Å². The number of rotatable bonds is 2. The number of thiophene rings is 1. The molecular weight excluding hydrogens is 285 g/mol. The highest BCUT2D eigenvalue weighted by molar-refractivity contribution is 7.10. The maximum atomic E-state index is 6.10. The van der Waals surface area contributed by atoms with E-state index in [2.05, 4.69) is 0 Å². The van der Waals surface area contributed by atoms with Crippen LogP contribution < -0.4 is 5.73 Å². The van der Waals surface area contributed by atoms with Crippen LogP contribution in [0.25, 0.3) is 0 Å². The third-order valence-corrected chi connectivity index (χ3v) is 3.96. The fraction of sp³-hybridized carbons (Fsp3) is 0.0909. The first-order valence-electron chi connectivity index (χ1n) is 4.43. The minimum atomic E-state index is -0.198. The summed E-state index contributed by atoms with van der Waals surface area (Å²) in [5, 5.41) is 3.08. The van der Waals surface area contributed by atoms with Crippen LogP contribution in [0, 0.1) is 0 Å². The van der Waals surface area contributed by atoms with Gasteiger partial charge in [0, 0.05) is 4.88 Å². The molecule has 0 spiro atoms. The van der Waals surface area contributed by atoms with Crippen LogP contribution in [-0.2, 0) is 0 Å². The van der Waals surface area contributed by atoms with Crippen LogP contribution in [-0.4, -0.2) is 0 Å². The van der Waals surface area contributed by atoms with Gasteiger partial charge in [-0.3, -0.25) is 0 Å². The number of halogens is 3. The molecule has 0 bridgehead atoms. The second-order valence-corrected chi connectivity index (χ2v) is 4.90. The lowest BCUT2D eigenvalue weighted by molar-refractivity contribution is 0.894. The Hall–Kier alpha value is -0.250. The minimum absolute atomic E-state index is 0. The topological polar surface area (TPSA) is 26.0 Å². The molecule has 2 rings (SSSR count). The Labute approximate surface area is 115 Å². The molecule has 86 valence electrons. The molecule has 1 aromatic carbocycles. The van der Waals surface area contributed by atoms with E-state index in [1.807, 2.05) is 29.6 Å². The smallest absolute Gasteiger partial charge is 0.0661 e. The average Bonchev–Trinajstić information content (AvgIpc) is 2.74. The van der Waals surface area contributed by atoms with E-state index >= 15 is 0 Å². The average molecular weight is 295 g/mol. The first-order valence-corrected chi connectivity index (χ1v) is 6.06. The van der Waals surface area contributed by atoms with Crippen LogP contribution in [0.4, 0.5) is 0 Å². The molecule has 1 nitrogen and oxygen atoms in total. The van der Waals surface area contributed by atoms with E-state index in [0.29, 0.717) is 10.0 Å². The molecule has 2 N–H and O–H groups in total. The Kier molecular flexibility index (Phi) is 5.09. The van der Waals surface area contributed by atoms with E-state index in [9.17, 15) is 0 Å². The first-order chi connectivity index (χ1) is 7.20. The highest BCUT2D eigenvalue weighted by atomic mass is 35.5. The first kappa shape index (κ1) is 13.8. The number of hydrogen-bond acceptors (Lipinski definition) is 2. The van der Waals surface area contributed by atoms with Crippen molar-refractivity contribution in [2.45, 2.75) is 6.04 Å². The van der Waals surface area contributed by atoms with Gasteiger partial charge in [0.1, 0.15) is 0 Å². The van der Waals surface area contributed by atoms with Gasteiger partial charge < -0.3 is 5.73 Å². The van der Waals surface area contributed by atoms with Gasteiger partial charge in [-0.1, -0.05) is 41.4 Å². The third kappa shape index (κ3) is 2.70. The van der Waals surface area contributed by atoms with Crippen LogP contribution in [0.5, 0.6) is 0 Å². The fourth-order valence-electron chi connectivity index (χ4n) is 1.38. The van der Waals surface area contributed by atoms with Gasteiger partial charge in [-0.2, -0.15) is 0 Å². The van der Waals surface area contributed by atoms with E-state index in [1.54, 1.807) is 17.4 Å².